The maximum absolute atomic E-state index is 10.6. The Bertz CT molecular complexity index is 552. The van der Waals surface area contributed by atoms with Gasteiger partial charge in [-0.2, -0.15) is 0 Å². The minimum absolute atomic E-state index is 0.288. The molecule has 11 heteroatoms. The molecule has 0 bridgehead atoms. The maximum atomic E-state index is 10.6. The third kappa shape index (κ3) is 9.11. The van der Waals surface area contributed by atoms with Gasteiger partial charge in [0, 0.05) is 6.61 Å². The van der Waals surface area contributed by atoms with Crippen molar-refractivity contribution in [3.63, 3.8) is 0 Å². The molecule has 0 amide bonds. The van der Waals surface area contributed by atoms with Gasteiger partial charge in [-0.1, -0.05) is 64.7 Å². The van der Waals surface area contributed by atoms with Gasteiger partial charge in [0.15, 0.2) is 12.6 Å². The molecule has 1 unspecified atom stereocenters. The summed E-state index contributed by atoms with van der Waals surface area (Å²) in [5.74, 6) is 0. The lowest BCUT2D eigenvalue weighted by Crippen LogP contribution is -2.64. The van der Waals surface area contributed by atoms with E-state index in [9.17, 15) is 35.7 Å². The van der Waals surface area contributed by atoms with Crippen LogP contribution < -0.4 is 0 Å². The summed E-state index contributed by atoms with van der Waals surface area (Å²) in [5, 5.41) is 69.9. The molecule has 35 heavy (non-hydrogen) atoms. The summed E-state index contributed by atoms with van der Waals surface area (Å²) >= 11 is 0. The van der Waals surface area contributed by atoms with Crippen LogP contribution in [0.4, 0.5) is 0 Å². The van der Waals surface area contributed by atoms with E-state index in [0.717, 1.165) is 25.7 Å². The average Bonchev–Trinajstić information content (AvgIpc) is 2.86. The fourth-order valence-corrected chi connectivity index (χ4v) is 4.46. The number of ether oxygens (including phenoxy) is 4. The van der Waals surface area contributed by atoms with Gasteiger partial charge in [-0.15, -0.1) is 0 Å². The Kier molecular flexibility index (Phi) is 14.4. The van der Waals surface area contributed by atoms with Crippen LogP contribution in [0.15, 0.2) is 0 Å². The Morgan fingerprint density at radius 1 is 0.571 bits per heavy atom. The topological polar surface area (TPSA) is 179 Å². The SMILES string of the molecule is CCCCCCCCCCCCO[C@@H]1O[C@H](CO)[C@@H](O)[C@H](O)[C@H]1OC1O[C@H](CO)[C@@H](O)[C@H](O)[C@H]1O. The summed E-state index contributed by atoms with van der Waals surface area (Å²) in [6, 6.07) is 0. The fourth-order valence-electron chi connectivity index (χ4n) is 4.46. The molecule has 2 aliphatic heterocycles. The van der Waals surface area contributed by atoms with Gasteiger partial charge in [0.25, 0.3) is 0 Å². The lowest BCUT2D eigenvalue weighted by molar-refractivity contribution is -0.367. The van der Waals surface area contributed by atoms with Crippen molar-refractivity contribution in [3.8, 4) is 0 Å². The smallest absolute Gasteiger partial charge is 0.187 e. The van der Waals surface area contributed by atoms with Crippen LogP contribution in [0, 0.1) is 0 Å². The van der Waals surface area contributed by atoms with Gasteiger partial charge in [-0.05, 0) is 6.42 Å². The van der Waals surface area contributed by atoms with E-state index in [1.54, 1.807) is 0 Å². The van der Waals surface area contributed by atoms with Gasteiger partial charge in [0.05, 0.1) is 13.2 Å². The predicted octanol–water partition coefficient (Wildman–Crippen LogP) is -0.452. The number of rotatable bonds is 16. The van der Waals surface area contributed by atoms with Crippen LogP contribution in [0.2, 0.25) is 0 Å². The largest absolute Gasteiger partial charge is 0.394 e. The maximum Gasteiger partial charge on any atom is 0.187 e. The molecule has 10 atom stereocenters. The molecule has 2 saturated heterocycles. The number of hydrogen-bond acceptors (Lipinski definition) is 11. The van der Waals surface area contributed by atoms with Crippen molar-refractivity contribution in [1.29, 1.82) is 0 Å². The van der Waals surface area contributed by atoms with Gasteiger partial charge in [0.2, 0.25) is 0 Å². The quantitative estimate of drug-likeness (QED) is 0.134. The summed E-state index contributed by atoms with van der Waals surface area (Å²) in [7, 11) is 0. The van der Waals surface area contributed by atoms with Crippen LogP contribution in [0.5, 0.6) is 0 Å². The van der Waals surface area contributed by atoms with Crippen LogP contribution in [0.1, 0.15) is 71.1 Å². The van der Waals surface area contributed by atoms with E-state index in [1.807, 2.05) is 0 Å². The molecule has 0 spiro atoms. The molecule has 208 valence electrons. The van der Waals surface area contributed by atoms with Gasteiger partial charge < -0.3 is 54.7 Å². The van der Waals surface area contributed by atoms with Crippen molar-refractivity contribution < 1.29 is 54.7 Å². The third-order valence-electron chi connectivity index (χ3n) is 6.74. The van der Waals surface area contributed by atoms with Crippen molar-refractivity contribution in [2.24, 2.45) is 0 Å². The molecule has 0 saturated carbocycles. The molecule has 11 nitrogen and oxygen atoms in total. The van der Waals surface area contributed by atoms with Crippen molar-refractivity contribution in [3.05, 3.63) is 0 Å². The number of hydrogen-bond donors (Lipinski definition) is 7. The molecule has 0 aromatic heterocycles. The Morgan fingerprint density at radius 2 is 1.06 bits per heavy atom. The zero-order valence-electron chi connectivity index (χ0n) is 20.7. The molecule has 0 aliphatic carbocycles. The first-order chi connectivity index (χ1) is 16.8. The Morgan fingerprint density at radius 3 is 1.60 bits per heavy atom. The zero-order valence-corrected chi connectivity index (χ0v) is 20.7. The van der Waals surface area contributed by atoms with Gasteiger partial charge in [-0.3, -0.25) is 0 Å². The second kappa shape index (κ2) is 16.4. The summed E-state index contributed by atoms with van der Waals surface area (Å²) < 4.78 is 22.3. The Hall–Kier alpha value is -0.440. The fraction of sp³-hybridized carbons (Fsp3) is 1.00. The molecule has 0 aromatic carbocycles. The molecular weight excluding hydrogens is 464 g/mol. The monoisotopic (exact) mass is 510 g/mol. The molecule has 7 N–H and O–H groups in total. The molecule has 0 aromatic rings. The first-order valence-corrected chi connectivity index (χ1v) is 13.1. The highest BCUT2D eigenvalue weighted by Gasteiger charge is 2.50. The number of aliphatic hydroxyl groups excluding tert-OH is 7. The summed E-state index contributed by atoms with van der Waals surface area (Å²) in [6.45, 7) is 1.30. The first-order valence-electron chi connectivity index (χ1n) is 13.1. The van der Waals surface area contributed by atoms with Crippen LogP contribution in [0.25, 0.3) is 0 Å². The van der Waals surface area contributed by atoms with Crippen LogP contribution in [-0.2, 0) is 18.9 Å². The molecule has 2 fully saturated rings. The highest BCUT2D eigenvalue weighted by Crippen LogP contribution is 2.29. The number of unbranched alkanes of at least 4 members (excludes halogenated alkanes) is 9. The summed E-state index contributed by atoms with van der Waals surface area (Å²) in [4.78, 5) is 0. The predicted molar refractivity (Wildman–Crippen MR) is 124 cm³/mol. The third-order valence-corrected chi connectivity index (χ3v) is 6.74. The van der Waals surface area contributed by atoms with Gasteiger partial charge >= 0.3 is 0 Å². The normalized spacial score (nSPS) is 38.1. The average molecular weight is 511 g/mol. The van der Waals surface area contributed by atoms with Crippen molar-refractivity contribution in [2.45, 2.75) is 133 Å². The minimum Gasteiger partial charge on any atom is -0.394 e. The Labute approximate surface area is 207 Å². The number of aliphatic hydroxyl groups is 7. The second-order valence-corrected chi connectivity index (χ2v) is 9.56. The van der Waals surface area contributed by atoms with E-state index < -0.39 is 74.6 Å². The van der Waals surface area contributed by atoms with Crippen molar-refractivity contribution >= 4 is 0 Å². The van der Waals surface area contributed by atoms with Gasteiger partial charge in [-0.25, -0.2) is 0 Å². The summed E-state index contributed by atoms with van der Waals surface area (Å²) in [5.41, 5.74) is 0. The van der Waals surface area contributed by atoms with E-state index in [0.29, 0.717) is 0 Å². The molecule has 2 aliphatic rings. The molecule has 2 rings (SSSR count). The lowest BCUT2D eigenvalue weighted by atomic mass is 9.97. The van der Waals surface area contributed by atoms with E-state index >= 15 is 0 Å². The van der Waals surface area contributed by atoms with E-state index in [-0.39, 0.29) is 6.61 Å². The summed E-state index contributed by atoms with van der Waals surface area (Å²) in [6.07, 6.45) is -2.75. The van der Waals surface area contributed by atoms with Crippen LogP contribution in [0.3, 0.4) is 0 Å². The Balaban J connectivity index is 1.84. The van der Waals surface area contributed by atoms with Crippen molar-refractivity contribution in [2.75, 3.05) is 19.8 Å². The standard InChI is InChI=1S/C24H46O11/c1-2-3-4-5-6-7-8-9-10-11-12-32-24-22(20(30)18(28)16(14-26)34-24)35-23-21(31)19(29)17(27)15(13-25)33-23/h15-31H,2-14H2,1H3/t15-,16-,17-,18-,19+,20+,21-,22-,23?,24-/m1/s1. The lowest BCUT2D eigenvalue weighted by Gasteiger charge is -2.45. The molecule has 0 radical (unpaired) electrons. The van der Waals surface area contributed by atoms with Crippen molar-refractivity contribution in [1.82, 2.24) is 0 Å². The second-order valence-electron chi connectivity index (χ2n) is 9.56. The van der Waals surface area contributed by atoms with E-state index in [4.69, 9.17) is 18.9 Å². The highest BCUT2D eigenvalue weighted by atomic mass is 16.8. The van der Waals surface area contributed by atoms with E-state index in [2.05, 4.69) is 6.92 Å². The highest BCUT2D eigenvalue weighted by molar-refractivity contribution is 4.93. The van der Waals surface area contributed by atoms with Gasteiger partial charge in [0.1, 0.15) is 48.8 Å². The van der Waals surface area contributed by atoms with Crippen LogP contribution >= 0.6 is 0 Å². The van der Waals surface area contributed by atoms with E-state index in [1.165, 1.54) is 38.5 Å². The minimum atomic E-state index is -1.68. The zero-order chi connectivity index (χ0) is 25.8. The molecular formula is C24H46O11. The van der Waals surface area contributed by atoms with Crippen LogP contribution in [-0.4, -0.2) is 117 Å². The molecule has 2 heterocycles. The first kappa shape index (κ1) is 30.8.